The van der Waals surface area contributed by atoms with Crippen LogP contribution in [-0.2, 0) is 0 Å². The standard InChI is InChI=1S/C30H23/c1-5-13-23(14-6-1)27-21-22-28(24-15-7-2-8-16-24)30(26-19-11-4-12-20-26)29(27)25-17-9-3-10-18-25/h1-22,29H. The molecule has 1 aliphatic rings. The Morgan fingerprint density at radius 1 is 0.400 bits per heavy atom. The number of hydrogen-bond acceptors (Lipinski definition) is 0. The van der Waals surface area contributed by atoms with Crippen molar-refractivity contribution in [3.8, 4) is 0 Å². The fourth-order valence-electron chi connectivity index (χ4n) is 4.36. The molecule has 1 aliphatic carbocycles. The second-order valence-electron chi connectivity index (χ2n) is 7.56. The maximum absolute atomic E-state index is 2.31. The second kappa shape index (κ2) is 8.39. The van der Waals surface area contributed by atoms with Gasteiger partial charge in [0.05, 0.1) is 0 Å². The van der Waals surface area contributed by atoms with Crippen LogP contribution >= 0.6 is 0 Å². The Labute approximate surface area is 178 Å². The minimum Gasteiger partial charge on any atom is -0.0712 e. The molecule has 1 radical (unpaired) electrons. The molecule has 143 valence electrons. The highest BCUT2D eigenvalue weighted by Crippen LogP contribution is 2.49. The molecule has 1 atom stereocenters. The lowest BCUT2D eigenvalue weighted by Gasteiger charge is -2.33. The third kappa shape index (κ3) is 3.53. The predicted molar refractivity (Wildman–Crippen MR) is 127 cm³/mol. The molecule has 4 aromatic rings. The van der Waals surface area contributed by atoms with Gasteiger partial charge in [0.25, 0.3) is 0 Å². The van der Waals surface area contributed by atoms with Crippen LogP contribution in [0.4, 0.5) is 0 Å². The first-order valence-electron chi connectivity index (χ1n) is 10.4. The van der Waals surface area contributed by atoms with Crippen molar-refractivity contribution in [2.75, 3.05) is 0 Å². The fraction of sp³-hybridized carbons (Fsp3) is 0.0333. The average Bonchev–Trinajstić information content (AvgIpc) is 2.85. The van der Waals surface area contributed by atoms with E-state index in [9.17, 15) is 0 Å². The van der Waals surface area contributed by atoms with Crippen molar-refractivity contribution >= 4 is 11.1 Å². The summed E-state index contributed by atoms with van der Waals surface area (Å²) < 4.78 is 0. The summed E-state index contributed by atoms with van der Waals surface area (Å²) in [4.78, 5) is 0. The summed E-state index contributed by atoms with van der Waals surface area (Å²) in [5, 5.41) is 0. The van der Waals surface area contributed by atoms with Gasteiger partial charge in [0.15, 0.2) is 0 Å². The largest absolute Gasteiger partial charge is 0.0712 e. The van der Waals surface area contributed by atoms with E-state index in [1.54, 1.807) is 0 Å². The molecule has 0 N–H and O–H groups in total. The van der Waals surface area contributed by atoms with Crippen molar-refractivity contribution in [3.05, 3.63) is 162 Å². The number of benzene rings is 4. The zero-order chi connectivity index (χ0) is 20.2. The number of hydrogen-bond donors (Lipinski definition) is 0. The molecule has 0 saturated carbocycles. The lowest BCUT2D eigenvalue weighted by Crippen LogP contribution is -2.17. The third-order valence-corrected chi connectivity index (χ3v) is 5.73. The first kappa shape index (κ1) is 18.4. The Bertz CT molecular complexity index is 1150. The van der Waals surface area contributed by atoms with Crippen LogP contribution in [0.25, 0.3) is 11.1 Å². The molecule has 0 bridgehead atoms. The van der Waals surface area contributed by atoms with Crippen molar-refractivity contribution in [2.45, 2.75) is 5.92 Å². The minimum absolute atomic E-state index is 0.163. The van der Waals surface area contributed by atoms with Gasteiger partial charge in [-0.15, -0.1) is 0 Å². The number of rotatable bonds is 4. The zero-order valence-electron chi connectivity index (χ0n) is 16.8. The van der Waals surface area contributed by atoms with E-state index in [0.717, 1.165) is 0 Å². The van der Waals surface area contributed by atoms with E-state index in [1.807, 2.05) is 0 Å². The van der Waals surface area contributed by atoms with Gasteiger partial charge >= 0.3 is 0 Å². The first-order valence-corrected chi connectivity index (χ1v) is 10.4. The topological polar surface area (TPSA) is 0 Å². The fourth-order valence-corrected chi connectivity index (χ4v) is 4.36. The van der Waals surface area contributed by atoms with Gasteiger partial charge in [0.2, 0.25) is 0 Å². The molecule has 0 saturated heterocycles. The maximum atomic E-state index is 2.31. The molecule has 5 rings (SSSR count). The first-order chi connectivity index (χ1) is 14.9. The van der Waals surface area contributed by atoms with Crippen LogP contribution in [0, 0.1) is 5.92 Å². The minimum atomic E-state index is 0.163. The van der Waals surface area contributed by atoms with Gasteiger partial charge in [-0.2, -0.15) is 0 Å². The Morgan fingerprint density at radius 3 is 1.43 bits per heavy atom. The SMILES string of the molecule is C1=CC(c2ccccc2)=C(c2ccccc2)C(c2ccccc2)[C]1c1ccccc1. The van der Waals surface area contributed by atoms with E-state index in [-0.39, 0.29) is 5.92 Å². The Hall–Kier alpha value is -3.64. The Balaban J connectivity index is 1.78. The summed E-state index contributed by atoms with van der Waals surface area (Å²) in [6.07, 6.45) is 4.60. The Kier molecular flexibility index (Phi) is 5.14. The summed E-state index contributed by atoms with van der Waals surface area (Å²) >= 11 is 0. The molecule has 1 unspecified atom stereocenters. The highest BCUT2D eigenvalue weighted by molar-refractivity contribution is 6.01. The molecule has 0 fully saturated rings. The van der Waals surface area contributed by atoms with Crippen LogP contribution < -0.4 is 0 Å². The molecule has 0 heteroatoms. The van der Waals surface area contributed by atoms with Crippen LogP contribution in [0.15, 0.2) is 133 Å². The maximum Gasteiger partial charge on any atom is 0.0386 e. The summed E-state index contributed by atoms with van der Waals surface area (Å²) in [5.74, 6) is 1.50. The van der Waals surface area contributed by atoms with Gasteiger partial charge in [-0.1, -0.05) is 133 Å². The summed E-state index contributed by atoms with van der Waals surface area (Å²) in [5.41, 5.74) is 7.74. The molecule has 30 heavy (non-hydrogen) atoms. The molecule has 0 spiro atoms. The lowest BCUT2D eigenvalue weighted by atomic mass is 9.69. The molecule has 0 heterocycles. The number of allylic oxidation sites excluding steroid dienone is 4. The Morgan fingerprint density at radius 2 is 0.867 bits per heavy atom. The second-order valence-corrected chi connectivity index (χ2v) is 7.56. The molecule has 0 nitrogen and oxygen atoms in total. The van der Waals surface area contributed by atoms with Crippen molar-refractivity contribution < 1.29 is 0 Å². The van der Waals surface area contributed by atoms with E-state index in [2.05, 4.69) is 133 Å². The van der Waals surface area contributed by atoms with Crippen LogP contribution in [0.1, 0.15) is 28.2 Å². The summed E-state index contributed by atoms with van der Waals surface area (Å²) in [7, 11) is 0. The molecule has 4 aromatic carbocycles. The molecule has 0 aliphatic heterocycles. The zero-order valence-corrected chi connectivity index (χ0v) is 16.8. The van der Waals surface area contributed by atoms with Crippen molar-refractivity contribution in [3.63, 3.8) is 0 Å². The molecular weight excluding hydrogens is 360 g/mol. The smallest absolute Gasteiger partial charge is 0.0386 e. The quantitative estimate of drug-likeness (QED) is 0.341. The van der Waals surface area contributed by atoms with Crippen molar-refractivity contribution in [1.82, 2.24) is 0 Å². The van der Waals surface area contributed by atoms with Gasteiger partial charge in [0.1, 0.15) is 0 Å². The highest BCUT2D eigenvalue weighted by atomic mass is 14.3. The van der Waals surface area contributed by atoms with E-state index in [4.69, 9.17) is 0 Å². The summed E-state index contributed by atoms with van der Waals surface area (Å²) in [6.45, 7) is 0. The van der Waals surface area contributed by atoms with E-state index in [1.165, 1.54) is 39.3 Å². The molecule has 0 aromatic heterocycles. The van der Waals surface area contributed by atoms with Crippen molar-refractivity contribution in [1.29, 1.82) is 0 Å². The van der Waals surface area contributed by atoms with E-state index < -0.39 is 0 Å². The van der Waals surface area contributed by atoms with Crippen LogP contribution in [0.3, 0.4) is 0 Å². The van der Waals surface area contributed by atoms with E-state index in [0.29, 0.717) is 0 Å². The van der Waals surface area contributed by atoms with Gasteiger partial charge < -0.3 is 0 Å². The summed E-state index contributed by atoms with van der Waals surface area (Å²) in [6, 6.07) is 43.2. The molecule has 0 amide bonds. The van der Waals surface area contributed by atoms with Crippen LogP contribution in [-0.4, -0.2) is 0 Å². The predicted octanol–water partition coefficient (Wildman–Crippen LogP) is 7.57. The van der Waals surface area contributed by atoms with E-state index >= 15 is 0 Å². The monoisotopic (exact) mass is 383 g/mol. The average molecular weight is 384 g/mol. The molecular formula is C30H23. The third-order valence-electron chi connectivity index (χ3n) is 5.73. The highest BCUT2D eigenvalue weighted by Gasteiger charge is 2.32. The van der Waals surface area contributed by atoms with Gasteiger partial charge in [-0.05, 0) is 33.4 Å². The van der Waals surface area contributed by atoms with Crippen LogP contribution in [0.5, 0.6) is 0 Å². The van der Waals surface area contributed by atoms with Crippen LogP contribution in [0.2, 0.25) is 0 Å². The van der Waals surface area contributed by atoms with Crippen molar-refractivity contribution in [2.24, 2.45) is 0 Å². The van der Waals surface area contributed by atoms with Gasteiger partial charge in [-0.25, -0.2) is 0 Å². The van der Waals surface area contributed by atoms with Gasteiger partial charge in [-0.3, -0.25) is 0 Å². The lowest BCUT2D eigenvalue weighted by molar-refractivity contribution is 0.935. The normalized spacial score (nSPS) is 16.6. The van der Waals surface area contributed by atoms with Gasteiger partial charge in [0, 0.05) is 11.8 Å².